The van der Waals surface area contributed by atoms with Crippen LogP contribution in [0, 0.1) is 6.92 Å². The van der Waals surface area contributed by atoms with E-state index in [4.69, 9.17) is 4.74 Å². The van der Waals surface area contributed by atoms with E-state index in [9.17, 15) is 19.8 Å². The zero-order valence-corrected chi connectivity index (χ0v) is 11.0. The topological polar surface area (TPSA) is 105 Å². The molecule has 7 nitrogen and oxygen atoms in total. The van der Waals surface area contributed by atoms with Gasteiger partial charge in [-0.3, -0.25) is 14.3 Å². The molecule has 2 bridgehead atoms. The van der Waals surface area contributed by atoms with Crippen LogP contribution in [0.4, 0.5) is 0 Å². The fourth-order valence-electron chi connectivity index (χ4n) is 2.53. The van der Waals surface area contributed by atoms with Crippen molar-refractivity contribution in [3.8, 4) is 0 Å². The number of aliphatic hydroxyl groups is 2. The number of nitrogens with zero attached hydrogens (tertiary/aromatic N) is 1. The summed E-state index contributed by atoms with van der Waals surface area (Å²) in [4.78, 5) is 25.4. The predicted molar refractivity (Wildman–Crippen MR) is 68.3 cm³/mol. The van der Waals surface area contributed by atoms with Crippen LogP contribution in [0.3, 0.4) is 0 Å². The van der Waals surface area contributed by atoms with Crippen molar-refractivity contribution in [2.45, 2.75) is 30.1 Å². The summed E-state index contributed by atoms with van der Waals surface area (Å²) < 4.78 is 6.96. The Labute approximate surface area is 112 Å². The molecule has 104 valence electrons. The van der Waals surface area contributed by atoms with Gasteiger partial charge in [-0.2, -0.15) is 0 Å². The second kappa shape index (κ2) is 4.20. The van der Waals surface area contributed by atoms with E-state index < -0.39 is 29.2 Å². The van der Waals surface area contributed by atoms with Crippen LogP contribution in [0.2, 0.25) is 0 Å². The first kappa shape index (κ1) is 12.9. The van der Waals surface area contributed by atoms with Gasteiger partial charge in [0.1, 0.15) is 11.7 Å². The van der Waals surface area contributed by atoms with Crippen LogP contribution < -0.4 is 11.2 Å². The van der Waals surface area contributed by atoms with Crippen molar-refractivity contribution in [3.63, 3.8) is 0 Å². The van der Waals surface area contributed by atoms with Gasteiger partial charge in [0.25, 0.3) is 5.56 Å². The number of hydrogen-bond donors (Lipinski definition) is 3. The summed E-state index contributed by atoms with van der Waals surface area (Å²) >= 11 is 1.46. The molecule has 3 N–H and O–H groups in total. The molecule has 2 aliphatic heterocycles. The van der Waals surface area contributed by atoms with Gasteiger partial charge in [0, 0.05) is 17.5 Å². The third-order valence-electron chi connectivity index (χ3n) is 3.69. The number of aryl methyl sites for hydroxylation is 1. The standard InChI is InChI=1S/C11H14N2O5S/c1-5-2-13(10(17)12-8(5)16)9-6-7(15)11(3-14,18-9)4-19-6/h2,6-7,9,14-15H,3-4H2,1H3,(H,12,16,17)/t6-,7+,9-,11+/m1/s1. The Kier molecular flexibility index (Phi) is 2.86. The maximum atomic E-state index is 11.8. The summed E-state index contributed by atoms with van der Waals surface area (Å²) in [5.74, 6) is 0.489. The van der Waals surface area contributed by atoms with Gasteiger partial charge in [0.05, 0.1) is 11.9 Å². The van der Waals surface area contributed by atoms with Crippen molar-refractivity contribution in [2.24, 2.45) is 0 Å². The lowest BCUT2D eigenvalue weighted by molar-refractivity contribution is -0.114. The van der Waals surface area contributed by atoms with Gasteiger partial charge < -0.3 is 14.9 Å². The summed E-state index contributed by atoms with van der Waals surface area (Å²) in [6.07, 6.45) is -0.0826. The highest BCUT2D eigenvalue weighted by Gasteiger charge is 2.60. The highest BCUT2D eigenvalue weighted by Crippen LogP contribution is 2.51. The average molecular weight is 286 g/mol. The first-order chi connectivity index (χ1) is 8.98. The minimum Gasteiger partial charge on any atom is -0.393 e. The molecule has 3 rings (SSSR count). The Morgan fingerprint density at radius 3 is 3.00 bits per heavy atom. The van der Waals surface area contributed by atoms with E-state index in [2.05, 4.69) is 4.98 Å². The van der Waals surface area contributed by atoms with E-state index in [1.54, 1.807) is 6.92 Å². The lowest BCUT2D eigenvalue weighted by atomic mass is 10.0. The molecule has 2 saturated heterocycles. The SMILES string of the molecule is Cc1cn([C@@H]2O[C@@]3(CO)CS[C@@H]2[C@@H]3O)c(=O)[nH]c1=O. The number of rotatable bonds is 2. The quantitative estimate of drug-likeness (QED) is 0.616. The highest BCUT2D eigenvalue weighted by atomic mass is 32.2. The summed E-state index contributed by atoms with van der Waals surface area (Å²) in [6, 6.07) is 0. The molecule has 0 amide bonds. The van der Waals surface area contributed by atoms with Crippen LogP contribution in [0.15, 0.2) is 15.8 Å². The van der Waals surface area contributed by atoms with Crippen LogP contribution in [-0.4, -0.2) is 49.1 Å². The zero-order valence-electron chi connectivity index (χ0n) is 10.2. The first-order valence-corrected chi connectivity index (χ1v) is 6.94. The van der Waals surface area contributed by atoms with E-state index in [0.29, 0.717) is 11.3 Å². The molecular formula is C11H14N2O5S. The minimum absolute atomic E-state index is 0.300. The first-order valence-electron chi connectivity index (χ1n) is 5.89. The summed E-state index contributed by atoms with van der Waals surface area (Å²) in [5.41, 5.74) is -1.63. The number of hydrogen-bond acceptors (Lipinski definition) is 6. The van der Waals surface area contributed by atoms with Gasteiger partial charge in [0.15, 0.2) is 6.23 Å². The summed E-state index contributed by atoms with van der Waals surface area (Å²) in [6.45, 7) is 1.29. The second-order valence-corrected chi connectivity index (χ2v) is 6.10. The average Bonchev–Trinajstić information content (AvgIpc) is 2.85. The molecule has 0 spiro atoms. The maximum absolute atomic E-state index is 11.8. The Hall–Kier alpha value is -1.09. The molecule has 0 saturated carbocycles. The Morgan fingerprint density at radius 2 is 2.37 bits per heavy atom. The van der Waals surface area contributed by atoms with Crippen LogP contribution in [0.5, 0.6) is 0 Å². The van der Waals surface area contributed by atoms with Crippen molar-refractivity contribution in [1.29, 1.82) is 0 Å². The molecule has 0 radical (unpaired) electrons. The van der Waals surface area contributed by atoms with Crippen LogP contribution >= 0.6 is 11.8 Å². The number of H-pyrrole nitrogens is 1. The third kappa shape index (κ3) is 1.71. The number of aromatic nitrogens is 2. The van der Waals surface area contributed by atoms with Crippen LogP contribution in [0.25, 0.3) is 0 Å². The van der Waals surface area contributed by atoms with Gasteiger partial charge in [0.2, 0.25) is 0 Å². The minimum atomic E-state index is -1.01. The molecule has 19 heavy (non-hydrogen) atoms. The summed E-state index contributed by atoms with van der Waals surface area (Å²) in [7, 11) is 0. The van der Waals surface area contributed by atoms with Crippen molar-refractivity contribution in [3.05, 3.63) is 32.6 Å². The second-order valence-electron chi connectivity index (χ2n) is 4.93. The number of nitrogens with one attached hydrogen (secondary N) is 1. The van der Waals surface area contributed by atoms with E-state index in [-0.39, 0.29) is 11.9 Å². The molecule has 1 aromatic heterocycles. The van der Waals surface area contributed by atoms with Gasteiger partial charge >= 0.3 is 5.69 Å². The molecule has 4 atom stereocenters. The number of aliphatic hydroxyl groups excluding tert-OH is 2. The lowest BCUT2D eigenvalue weighted by Gasteiger charge is -2.29. The van der Waals surface area contributed by atoms with Gasteiger partial charge in [-0.15, -0.1) is 11.8 Å². The highest BCUT2D eigenvalue weighted by molar-refractivity contribution is 8.00. The number of thioether (sulfide) groups is 1. The molecule has 0 unspecified atom stereocenters. The van der Waals surface area contributed by atoms with E-state index in [1.165, 1.54) is 22.5 Å². The monoisotopic (exact) mass is 286 g/mol. The summed E-state index contributed by atoms with van der Waals surface area (Å²) in [5, 5.41) is 19.2. The van der Waals surface area contributed by atoms with Gasteiger partial charge in [-0.05, 0) is 6.92 Å². The molecule has 0 aromatic carbocycles. The largest absolute Gasteiger partial charge is 0.393 e. The molecule has 0 aliphatic carbocycles. The smallest absolute Gasteiger partial charge is 0.330 e. The third-order valence-corrected chi connectivity index (χ3v) is 5.23. The Morgan fingerprint density at radius 1 is 1.63 bits per heavy atom. The number of fused-ring (bicyclic) bond motifs is 2. The number of aromatic amines is 1. The Balaban J connectivity index is 2.04. The van der Waals surface area contributed by atoms with Crippen molar-refractivity contribution < 1.29 is 14.9 Å². The zero-order chi connectivity index (χ0) is 13.8. The normalized spacial score (nSPS) is 36.9. The van der Waals surface area contributed by atoms with Crippen molar-refractivity contribution in [2.75, 3.05) is 12.4 Å². The van der Waals surface area contributed by atoms with Gasteiger partial charge in [-0.1, -0.05) is 0 Å². The fourth-order valence-corrected chi connectivity index (χ4v) is 4.12. The maximum Gasteiger partial charge on any atom is 0.330 e. The van der Waals surface area contributed by atoms with Crippen LogP contribution in [-0.2, 0) is 4.74 Å². The molecular weight excluding hydrogens is 272 g/mol. The van der Waals surface area contributed by atoms with E-state index in [0.717, 1.165) is 0 Å². The molecule has 8 heteroatoms. The van der Waals surface area contributed by atoms with Gasteiger partial charge in [-0.25, -0.2) is 4.79 Å². The lowest BCUT2D eigenvalue weighted by Crippen LogP contribution is -2.44. The van der Waals surface area contributed by atoms with Crippen LogP contribution in [0.1, 0.15) is 11.8 Å². The molecule has 2 fully saturated rings. The molecule has 1 aromatic rings. The van der Waals surface area contributed by atoms with Crippen molar-refractivity contribution in [1.82, 2.24) is 9.55 Å². The van der Waals surface area contributed by atoms with E-state index >= 15 is 0 Å². The van der Waals surface area contributed by atoms with Crippen molar-refractivity contribution >= 4 is 11.8 Å². The molecule has 2 aliphatic rings. The predicted octanol–water partition coefficient (Wildman–Crippen LogP) is -1.42. The Bertz CT molecular complexity index is 626. The fraction of sp³-hybridized carbons (Fsp3) is 0.636. The number of ether oxygens (including phenoxy) is 1. The molecule has 3 heterocycles. The van der Waals surface area contributed by atoms with E-state index in [1.807, 2.05) is 0 Å².